The Bertz CT molecular complexity index is 476. The number of amides is 2. The highest BCUT2D eigenvalue weighted by molar-refractivity contribution is 5.92. The van der Waals surface area contributed by atoms with Crippen molar-refractivity contribution in [3.05, 3.63) is 23.7 Å². The van der Waals surface area contributed by atoms with Gasteiger partial charge in [-0.1, -0.05) is 0 Å². The Morgan fingerprint density at radius 1 is 1.30 bits per heavy atom. The van der Waals surface area contributed by atoms with Gasteiger partial charge in [-0.05, 0) is 19.9 Å². The van der Waals surface area contributed by atoms with Crippen molar-refractivity contribution < 1.29 is 14.0 Å². The molecule has 20 heavy (non-hydrogen) atoms. The molecule has 1 aromatic rings. The fourth-order valence-electron chi connectivity index (χ4n) is 2.30. The van der Waals surface area contributed by atoms with E-state index in [-0.39, 0.29) is 11.8 Å². The van der Waals surface area contributed by atoms with Gasteiger partial charge in [0.2, 0.25) is 5.91 Å². The summed E-state index contributed by atoms with van der Waals surface area (Å²) in [4.78, 5) is 27.6. The summed E-state index contributed by atoms with van der Waals surface area (Å²) in [7, 11) is 0. The van der Waals surface area contributed by atoms with Gasteiger partial charge in [0.25, 0.3) is 5.91 Å². The number of nitrogens with zero attached hydrogens (tertiary/aromatic N) is 2. The van der Waals surface area contributed by atoms with E-state index in [0.29, 0.717) is 45.0 Å². The number of hydrogen-bond donors (Lipinski definition) is 1. The molecule has 2 rings (SSSR count). The molecule has 1 saturated heterocycles. The molecule has 0 bridgehead atoms. The SMILES string of the molecule is CCNC(=O)CN1CCN(C(=O)c2occc2C)CC1. The van der Waals surface area contributed by atoms with Crippen LogP contribution in [0.2, 0.25) is 0 Å². The monoisotopic (exact) mass is 279 g/mol. The zero-order chi connectivity index (χ0) is 14.5. The van der Waals surface area contributed by atoms with Crippen LogP contribution in [0.3, 0.4) is 0 Å². The van der Waals surface area contributed by atoms with Crippen LogP contribution in [-0.2, 0) is 4.79 Å². The predicted molar refractivity (Wildman–Crippen MR) is 74.5 cm³/mol. The molecular formula is C14H21N3O3. The predicted octanol–water partition coefficient (Wildman–Crippen LogP) is 0.482. The summed E-state index contributed by atoms with van der Waals surface area (Å²) < 4.78 is 5.23. The first kappa shape index (κ1) is 14.6. The van der Waals surface area contributed by atoms with Crippen LogP contribution in [-0.4, -0.2) is 60.9 Å². The van der Waals surface area contributed by atoms with Crippen LogP contribution < -0.4 is 5.32 Å². The number of aryl methyl sites for hydroxylation is 1. The normalized spacial score (nSPS) is 16.2. The fourth-order valence-corrected chi connectivity index (χ4v) is 2.30. The summed E-state index contributed by atoms with van der Waals surface area (Å²) in [6.45, 7) is 7.48. The van der Waals surface area contributed by atoms with Gasteiger partial charge in [0.15, 0.2) is 5.76 Å². The third-order valence-corrected chi connectivity index (χ3v) is 3.46. The lowest BCUT2D eigenvalue weighted by atomic mass is 10.2. The third-order valence-electron chi connectivity index (χ3n) is 3.46. The molecule has 0 aromatic carbocycles. The summed E-state index contributed by atoms with van der Waals surface area (Å²) in [6.07, 6.45) is 1.54. The molecule has 2 heterocycles. The number of carbonyl (C=O) groups is 2. The number of nitrogens with one attached hydrogen (secondary N) is 1. The van der Waals surface area contributed by atoms with Crippen LogP contribution in [0.5, 0.6) is 0 Å². The topological polar surface area (TPSA) is 65.8 Å². The number of likely N-dealkylation sites (N-methyl/N-ethyl adjacent to an activating group) is 1. The third kappa shape index (κ3) is 3.39. The highest BCUT2D eigenvalue weighted by Crippen LogP contribution is 2.13. The second kappa shape index (κ2) is 6.56. The first-order valence-corrected chi connectivity index (χ1v) is 6.94. The van der Waals surface area contributed by atoms with Gasteiger partial charge in [-0.2, -0.15) is 0 Å². The summed E-state index contributed by atoms with van der Waals surface area (Å²) >= 11 is 0. The van der Waals surface area contributed by atoms with Crippen molar-refractivity contribution in [1.82, 2.24) is 15.1 Å². The average Bonchev–Trinajstić information content (AvgIpc) is 2.85. The molecule has 0 atom stereocenters. The molecule has 6 nitrogen and oxygen atoms in total. The molecule has 1 aromatic heterocycles. The molecule has 110 valence electrons. The van der Waals surface area contributed by atoms with Crippen molar-refractivity contribution >= 4 is 11.8 Å². The van der Waals surface area contributed by atoms with Crippen LogP contribution in [0.1, 0.15) is 23.0 Å². The van der Waals surface area contributed by atoms with Crippen molar-refractivity contribution in [2.24, 2.45) is 0 Å². The van der Waals surface area contributed by atoms with Gasteiger partial charge in [-0.25, -0.2) is 0 Å². The smallest absolute Gasteiger partial charge is 0.289 e. The lowest BCUT2D eigenvalue weighted by molar-refractivity contribution is -0.122. The van der Waals surface area contributed by atoms with Gasteiger partial charge in [0.1, 0.15) is 0 Å². The highest BCUT2D eigenvalue weighted by Gasteiger charge is 2.25. The molecule has 1 aliphatic heterocycles. The van der Waals surface area contributed by atoms with Crippen LogP contribution in [0.15, 0.2) is 16.7 Å². The lowest BCUT2D eigenvalue weighted by Gasteiger charge is -2.33. The largest absolute Gasteiger partial charge is 0.459 e. The van der Waals surface area contributed by atoms with Gasteiger partial charge in [0.05, 0.1) is 12.8 Å². The van der Waals surface area contributed by atoms with E-state index in [1.807, 2.05) is 13.8 Å². The number of piperazine rings is 1. The second-order valence-corrected chi connectivity index (χ2v) is 4.95. The van der Waals surface area contributed by atoms with E-state index in [9.17, 15) is 9.59 Å². The van der Waals surface area contributed by atoms with E-state index >= 15 is 0 Å². The fraction of sp³-hybridized carbons (Fsp3) is 0.571. The van der Waals surface area contributed by atoms with E-state index in [0.717, 1.165) is 5.56 Å². The summed E-state index contributed by atoms with van der Waals surface area (Å²) in [5.74, 6) is 0.390. The minimum atomic E-state index is -0.0647. The Kier molecular flexibility index (Phi) is 4.79. The van der Waals surface area contributed by atoms with Gasteiger partial charge in [0, 0.05) is 38.3 Å². The molecule has 6 heteroatoms. The molecule has 0 radical (unpaired) electrons. The molecule has 0 unspecified atom stereocenters. The van der Waals surface area contributed by atoms with Gasteiger partial charge < -0.3 is 14.6 Å². The quantitative estimate of drug-likeness (QED) is 0.870. The Labute approximate surface area is 118 Å². The zero-order valence-electron chi connectivity index (χ0n) is 12.0. The first-order chi connectivity index (χ1) is 9.61. The van der Waals surface area contributed by atoms with Crippen molar-refractivity contribution in [3.8, 4) is 0 Å². The van der Waals surface area contributed by atoms with Gasteiger partial charge in [-0.15, -0.1) is 0 Å². The Balaban J connectivity index is 1.84. The molecule has 2 amide bonds. The minimum Gasteiger partial charge on any atom is -0.459 e. The maximum Gasteiger partial charge on any atom is 0.289 e. The van der Waals surface area contributed by atoms with Crippen LogP contribution >= 0.6 is 0 Å². The van der Waals surface area contributed by atoms with Gasteiger partial charge in [-0.3, -0.25) is 14.5 Å². The summed E-state index contributed by atoms with van der Waals surface area (Å²) in [5, 5.41) is 2.78. The number of furan rings is 1. The van der Waals surface area contributed by atoms with E-state index in [1.54, 1.807) is 11.0 Å². The molecule has 1 N–H and O–H groups in total. The molecule has 1 fully saturated rings. The van der Waals surface area contributed by atoms with Crippen molar-refractivity contribution in [1.29, 1.82) is 0 Å². The van der Waals surface area contributed by atoms with Crippen LogP contribution in [0.4, 0.5) is 0 Å². The highest BCUT2D eigenvalue weighted by atomic mass is 16.3. The molecule has 0 saturated carbocycles. The Hall–Kier alpha value is -1.82. The van der Waals surface area contributed by atoms with Crippen molar-refractivity contribution in [2.75, 3.05) is 39.3 Å². The molecule has 0 spiro atoms. The summed E-state index contributed by atoms with van der Waals surface area (Å²) in [5.41, 5.74) is 0.861. The van der Waals surface area contributed by atoms with E-state index in [4.69, 9.17) is 4.42 Å². The van der Waals surface area contributed by atoms with Crippen LogP contribution in [0, 0.1) is 6.92 Å². The van der Waals surface area contributed by atoms with E-state index in [2.05, 4.69) is 10.2 Å². The molecular weight excluding hydrogens is 258 g/mol. The number of hydrogen-bond acceptors (Lipinski definition) is 4. The average molecular weight is 279 g/mol. The number of rotatable bonds is 4. The molecule has 1 aliphatic rings. The van der Waals surface area contributed by atoms with Crippen LogP contribution in [0.25, 0.3) is 0 Å². The van der Waals surface area contributed by atoms with E-state index in [1.165, 1.54) is 6.26 Å². The van der Waals surface area contributed by atoms with Gasteiger partial charge >= 0.3 is 0 Å². The standard InChI is InChI=1S/C14H21N3O3/c1-3-15-12(18)10-16-5-7-17(8-6-16)14(19)13-11(2)4-9-20-13/h4,9H,3,5-8,10H2,1-2H3,(H,15,18). The summed E-state index contributed by atoms with van der Waals surface area (Å²) in [6, 6.07) is 1.79. The van der Waals surface area contributed by atoms with Crippen molar-refractivity contribution in [2.45, 2.75) is 13.8 Å². The molecule has 0 aliphatic carbocycles. The lowest BCUT2D eigenvalue weighted by Crippen LogP contribution is -2.51. The number of carbonyl (C=O) groups excluding carboxylic acids is 2. The minimum absolute atomic E-state index is 0.0363. The zero-order valence-corrected chi connectivity index (χ0v) is 12.0. The Morgan fingerprint density at radius 3 is 2.55 bits per heavy atom. The first-order valence-electron chi connectivity index (χ1n) is 6.94. The Morgan fingerprint density at radius 2 is 2.00 bits per heavy atom. The maximum atomic E-state index is 12.2. The maximum absolute atomic E-state index is 12.2. The van der Waals surface area contributed by atoms with E-state index < -0.39 is 0 Å². The van der Waals surface area contributed by atoms with Crippen molar-refractivity contribution in [3.63, 3.8) is 0 Å². The second-order valence-electron chi connectivity index (χ2n) is 4.95.